The van der Waals surface area contributed by atoms with E-state index < -0.39 is 10.0 Å². The molecule has 0 aromatic heterocycles. The minimum Gasteiger partial charge on any atom is -0.345 e. The van der Waals surface area contributed by atoms with Gasteiger partial charge in [0.25, 0.3) is 15.9 Å². The second kappa shape index (κ2) is 8.50. The van der Waals surface area contributed by atoms with Crippen molar-refractivity contribution in [2.45, 2.75) is 30.2 Å². The van der Waals surface area contributed by atoms with Gasteiger partial charge in [-0.15, -0.1) is 0 Å². The van der Waals surface area contributed by atoms with E-state index in [0.29, 0.717) is 5.69 Å². The highest BCUT2D eigenvalue weighted by atomic mass is 35.5. The van der Waals surface area contributed by atoms with Crippen LogP contribution in [0.25, 0.3) is 0 Å². The molecule has 154 valence electrons. The lowest BCUT2D eigenvalue weighted by atomic mass is 9.87. The molecule has 7 heteroatoms. The normalized spacial score (nSPS) is 15.8. The molecule has 0 saturated heterocycles. The van der Waals surface area contributed by atoms with Crippen molar-refractivity contribution in [1.82, 2.24) is 5.32 Å². The first-order valence-electron chi connectivity index (χ1n) is 9.70. The summed E-state index contributed by atoms with van der Waals surface area (Å²) in [5.41, 5.74) is 3.02. The third kappa shape index (κ3) is 4.35. The largest absolute Gasteiger partial charge is 0.345 e. The Balaban J connectivity index is 1.58. The number of halogens is 1. The summed E-state index contributed by atoms with van der Waals surface area (Å²) in [6.07, 6.45) is 2.83. The third-order valence-electron chi connectivity index (χ3n) is 5.18. The zero-order chi connectivity index (χ0) is 21.1. The van der Waals surface area contributed by atoms with Gasteiger partial charge in [-0.2, -0.15) is 0 Å². The number of fused-ring (bicyclic) bond motifs is 1. The van der Waals surface area contributed by atoms with E-state index in [0.717, 1.165) is 24.8 Å². The topological polar surface area (TPSA) is 75.3 Å². The maximum absolute atomic E-state index is 12.9. The molecule has 0 fully saturated rings. The van der Waals surface area contributed by atoms with Crippen molar-refractivity contribution in [2.24, 2.45) is 0 Å². The van der Waals surface area contributed by atoms with Crippen LogP contribution in [-0.4, -0.2) is 14.3 Å². The molecule has 2 N–H and O–H groups in total. The van der Waals surface area contributed by atoms with E-state index in [1.54, 1.807) is 30.3 Å². The van der Waals surface area contributed by atoms with Crippen LogP contribution in [-0.2, 0) is 16.4 Å². The summed E-state index contributed by atoms with van der Waals surface area (Å²) in [7, 11) is -3.94. The summed E-state index contributed by atoms with van der Waals surface area (Å²) >= 11 is 6.16. The Morgan fingerprint density at radius 2 is 1.70 bits per heavy atom. The van der Waals surface area contributed by atoms with Gasteiger partial charge in [0.05, 0.1) is 11.1 Å². The molecule has 0 bridgehead atoms. The minimum absolute atomic E-state index is 0.0537. The number of rotatable bonds is 5. The third-order valence-corrected chi connectivity index (χ3v) is 7.05. The van der Waals surface area contributed by atoms with Crippen molar-refractivity contribution in [3.63, 3.8) is 0 Å². The Hall–Kier alpha value is -2.83. The molecule has 0 heterocycles. The Kier molecular flexibility index (Phi) is 5.79. The van der Waals surface area contributed by atoms with Gasteiger partial charge in [0, 0.05) is 11.3 Å². The van der Waals surface area contributed by atoms with Crippen molar-refractivity contribution in [2.75, 3.05) is 4.72 Å². The average molecular weight is 441 g/mol. The van der Waals surface area contributed by atoms with Crippen LogP contribution in [0.3, 0.4) is 0 Å². The first-order chi connectivity index (χ1) is 14.4. The number of amides is 1. The predicted octanol–water partition coefficient (Wildman–Crippen LogP) is 4.95. The fourth-order valence-electron chi connectivity index (χ4n) is 3.71. The van der Waals surface area contributed by atoms with Gasteiger partial charge in [0.15, 0.2) is 0 Å². The molecule has 30 heavy (non-hydrogen) atoms. The SMILES string of the molecule is O=C(NC1CCCc2ccccc21)c1ccc(Cl)c(S(=O)(=O)Nc2ccccc2)c1. The predicted molar refractivity (Wildman–Crippen MR) is 118 cm³/mol. The molecule has 4 rings (SSSR count). The fraction of sp³-hybridized carbons (Fsp3) is 0.174. The number of hydrogen-bond donors (Lipinski definition) is 2. The smallest absolute Gasteiger partial charge is 0.263 e. The van der Waals surface area contributed by atoms with E-state index >= 15 is 0 Å². The van der Waals surface area contributed by atoms with Crippen LogP contribution < -0.4 is 10.0 Å². The molecular weight excluding hydrogens is 420 g/mol. The number of anilines is 1. The van der Waals surface area contributed by atoms with Crippen molar-refractivity contribution in [3.05, 3.63) is 94.5 Å². The van der Waals surface area contributed by atoms with Crippen LogP contribution in [0.1, 0.15) is 40.4 Å². The Labute approximate surface area is 181 Å². The standard InChI is InChI=1S/C23H21ClN2O3S/c24-20-14-13-17(15-22(20)30(28,29)26-18-9-2-1-3-10-18)23(27)25-21-12-6-8-16-7-4-5-11-19(16)21/h1-5,7,9-11,13-15,21,26H,6,8,12H2,(H,25,27). The van der Waals surface area contributed by atoms with E-state index in [9.17, 15) is 13.2 Å². The molecule has 1 unspecified atom stereocenters. The summed E-state index contributed by atoms with van der Waals surface area (Å²) in [5, 5.41) is 3.10. The summed E-state index contributed by atoms with van der Waals surface area (Å²) in [5.74, 6) is -0.329. The van der Waals surface area contributed by atoms with Gasteiger partial charge in [0.1, 0.15) is 4.90 Å². The van der Waals surface area contributed by atoms with Gasteiger partial charge in [-0.05, 0) is 60.7 Å². The fourth-order valence-corrected chi connectivity index (χ4v) is 5.30. The molecule has 0 radical (unpaired) electrons. The van der Waals surface area contributed by atoms with Gasteiger partial charge < -0.3 is 5.32 Å². The van der Waals surface area contributed by atoms with Crippen LogP contribution in [0.2, 0.25) is 5.02 Å². The lowest BCUT2D eigenvalue weighted by molar-refractivity contribution is 0.0932. The lowest BCUT2D eigenvalue weighted by Gasteiger charge is -2.26. The first kappa shape index (κ1) is 20.4. The Bertz CT molecular complexity index is 1180. The highest BCUT2D eigenvalue weighted by Crippen LogP contribution is 2.30. The maximum atomic E-state index is 12.9. The second-order valence-electron chi connectivity index (χ2n) is 7.23. The van der Waals surface area contributed by atoms with Crippen LogP contribution in [0, 0.1) is 0 Å². The van der Waals surface area contributed by atoms with Crippen molar-refractivity contribution in [1.29, 1.82) is 0 Å². The van der Waals surface area contributed by atoms with Gasteiger partial charge in [-0.3, -0.25) is 9.52 Å². The number of para-hydroxylation sites is 1. The summed E-state index contributed by atoms with van der Waals surface area (Å²) < 4.78 is 28.1. The van der Waals surface area contributed by atoms with Crippen LogP contribution in [0.4, 0.5) is 5.69 Å². The summed E-state index contributed by atoms with van der Waals surface area (Å²) in [6.45, 7) is 0. The van der Waals surface area contributed by atoms with E-state index in [-0.39, 0.29) is 27.4 Å². The molecule has 0 spiro atoms. The van der Waals surface area contributed by atoms with E-state index in [4.69, 9.17) is 11.6 Å². The number of hydrogen-bond acceptors (Lipinski definition) is 3. The molecule has 0 aliphatic heterocycles. The molecule has 1 aliphatic rings. The average Bonchev–Trinajstić information content (AvgIpc) is 2.74. The molecule has 5 nitrogen and oxygen atoms in total. The van der Waals surface area contributed by atoms with E-state index in [2.05, 4.69) is 16.1 Å². The van der Waals surface area contributed by atoms with E-state index in [1.165, 1.54) is 23.8 Å². The zero-order valence-corrected chi connectivity index (χ0v) is 17.7. The van der Waals surface area contributed by atoms with Crippen molar-refractivity contribution in [3.8, 4) is 0 Å². The number of sulfonamides is 1. The minimum atomic E-state index is -3.94. The Morgan fingerprint density at radius 1 is 0.967 bits per heavy atom. The number of carbonyl (C=O) groups is 1. The summed E-state index contributed by atoms with van der Waals surface area (Å²) in [4.78, 5) is 12.8. The molecule has 1 amide bonds. The molecule has 3 aromatic carbocycles. The van der Waals surface area contributed by atoms with Gasteiger partial charge in [-0.25, -0.2) is 8.42 Å². The van der Waals surface area contributed by atoms with Gasteiger partial charge in [-0.1, -0.05) is 54.1 Å². The first-order valence-corrected chi connectivity index (χ1v) is 11.6. The molecular formula is C23H21ClN2O3S. The number of nitrogens with one attached hydrogen (secondary N) is 2. The van der Waals surface area contributed by atoms with Crippen molar-refractivity contribution < 1.29 is 13.2 Å². The molecule has 1 atom stereocenters. The van der Waals surface area contributed by atoms with Crippen molar-refractivity contribution >= 4 is 33.2 Å². The van der Waals surface area contributed by atoms with Gasteiger partial charge >= 0.3 is 0 Å². The molecule has 0 saturated carbocycles. The monoisotopic (exact) mass is 440 g/mol. The van der Waals surface area contributed by atoms with Crippen LogP contribution >= 0.6 is 11.6 Å². The maximum Gasteiger partial charge on any atom is 0.263 e. The number of carbonyl (C=O) groups excluding carboxylic acids is 1. The quantitative estimate of drug-likeness (QED) is 0.589. The number of benzene rings is 3. The zero-order valence-electron chi connectivity index (χ0n) is 16.1. The highest BCUT2D eigenvalue weighted by molar-refractivity contribution is 7.92. The molecule has 1 aliphatic carbocycles. The summed E-state index contributed by atoms with van der Waals surface area (Å²) in [6, 6.07) is 20.8. The number of aryl methyl sites for hydroxylation is 1. The van der Waals surface area contributed by atoms with Crippen LogP contribution in [0.15, 0.2) is 77.7 Å². The van der Waals surface area contributed by atoms with Crippen LogP contribution in [0.5, 0.6) is 0 Å². The Morgan fingerprint density at radius 3 is 2.50 bits per heavy atom. The lowest BCUT2D eigenvalue weighted by Crippen LogP contribution is -2.31. The highest BCUT2D eigenvalue weighted by Gasteiger charge is 2.24. The van der Waals surface area contributed by atoms with Gasteiger partial charge in [0.2, 0.25) is 0 Å². The van der Waals surface area contributed by atoms with E-state index in [1.807, 2.05) is 18.2 Å². The second-order valence-corrected chi connectivity index (χ2v) is 9.29. The molecule has 3 aromatic rings.